The van der Waals surface area contributed by atoms with Crippen LogP contribution in [0.2, 0.25) is 0 Å². The van der Waals surface area contributed by atoms with E-state index in [1.54, 1.807) is 6.26 Å². The Bertz CT molecular complexity index is 1070. The Morgan fingerprint density at radius 1 is 1.03 bits per heavy atom. The maximum atomic E-state index is 13.2. The van der Waals surface area contributed by atoms with Crippen LogP contribution in [0.4, 0.5) is 0 Å². The van der Waals surface area contributed by atoms with Crippen LogP contribution in [0.15, 0.2) is 64.2 Å². The molecule has 2 aliphatic rings. The summed E-state index contributed by atoms with van der Waals surface area (Å²) >= 11 is 0. The first kappa shape index (κ1) is 18.1. The van der Waals surface area contributed by atoms with Crippen molar-refractivity contribution in [1.82, 2.24) is 10.2 Å². The minimum absolute atomic E-state index is 0.172. The average Bonchev–Trinajstić information content (AvgIpc) is 3.33. The van der Waals surface area contributed by atoms with Crippen LogP contribution in [-0.4, -0.2) is 41.8 Å². The number of carbonyl (C=O) groups is 1. The molecule has 29 heavy (non-hydrogen) atoms. The highest BCUT2D eigenvalue weighted by atomic mass is 16.3. The third-order valence-electron chi connectivity index (χ3n) is 6.03. The van der Waals surface area contributed by atoms with Crippen LogP contribution < -0.4 is 5.32 Å². The summed E-state index contributed by atoms with van der Waals surface area (Å²) in [6, 6.07) is 16.6. The number of fused-ring (bicyclic) bond motifs is 1. The number of nitrogens with one attached hydrogen (secondary N) is 1. The first-order chi connectivity index (χ1) is 14.2. The van der Waals surface area contributed by atoms with Gasteiger partial charge in [0, 0.05) is 17.5 Å². The van der Waals surface area contributed by atoms with E-state index in [0.717, 1.165) is 65.8 Å². The van der Waals surface area contributed by atoms with E-state index in [2.05, 4.69) is 48.6 Å². The van der Waals surface area contributed by atoms with Gasteiger partial charge in [-0.15, -0.1) is 0 Å². The molecule has 2 aromatic carbocycles. The Hall–Kier alpha value is -2.92. The Morgan fingerprint density at radius 3 is 2.52 bits per heavy atom. The van der Waals surface area contributed by atoms with Crippen LogP contribution >= 0.6 is 0 Å². The summed E-state index contributed by atoms with van der Waals surface area (Å²) in [7, 11) is 0. The number of rotatable bonds is 4. The first-order valence-electron chi connectivity index (χ1n) is 10.4. The smallest absolute Gasteiger partial charge is 0.256 e. The molecule has 0 unspecified atom stereocenters. The number of hydrogen-bond acceptors (Lipinski definition) is 4. The quantitative estimate of drug-likeness (QED) is 0.729. The van der Waals surface area contributed by atoms with E-state index in [1.807, 2.05) is 17.0 Å². The third-order valence-corrected chi connectivity index (χ3v) is 6.03. The molecule has 3 aromatic rings. The van der Waals surface area contributed by atoms with E-state index in [4.69, 9.17) is 9.41 Å². The summed E-state index contributed by atoms with van der Waals surface area (Å²) in [5, 5.41) is 4.44. The molecule has 1 fully saturated rings. The van der Waals surface area contributed by atoms with Gasteiger partial charge >= 0.3 is 0 Å². The first-order valence-corrected chi connectivity index (χ1v) is 10.4. The Balaban J connectivity index is 1.48. The van der Waals surface area contributed by atoms with Crippen LogP contribution in [0.3, 0.4) is 0 Å². The molecular weight excluding hydrogens is 362 g/mol. The number of amidine groups is 1. The molecule has 1 saturated heterocycles. The molecule has 5 rings (SSSR count). The lowest BCUT2D eigenvalue weighted by Gasteiger charge is -2.30. The lowest BCUT2D eigenvalue weighted by Crippen LogP contribution is -2.49. The normalized spacial score (nSPS) is 18.6. The molecule has 0 atom stereocenters. The van der Waals surface area contributed by atoms with Crippen molar-refractivity contribution in [3.05, 3.63) is 60.4 Å². The number of benzene rings is 2. The predicted octanol–water partition coefficient (Wildman–Crippen LogP) is 4.22. The van der Waals surface area contributed by atoms with E-state index in [9.17, 15) is 4.79 Å². The summed E-state index contributed by atoms with van der Waals surface area (Å²) < 4.78 is 5.44. The van der Waals surface area contributed by atoms with Gasteiger partial charge in [-0.05, 0) is 61.7 Å². The minimum atomic E-state index is -0.569. The van der Waals surface area contributed by atoms with Crippen molar-refractivity contribution in [3.63, 3.8) is 0 Å². The molecule has 3 heterocycles. The van der Waals surface area contributed by atoms with Crippen molar-refractivity contribution in [1.29, 1.82) is 0 Å². The van der Waals surface area contributed by atoms with Gasteiger partial charge in [0.15, 0.2) is 0 Å². The maximum Gasteiger partial charge on any atom is 0.256 e. The predicted molar refractivity (Wildman–Crippen MR) is 115 cm³/mol. The molecule has 0 radical (unpaired) electrons. The molecule has 148 valence electrons. The highest BCUT2D eigenvalue weighted by Crippen LogP contribution is 2.34. The number of hydrogen-bond donors (Lipinski definition) is 1. The van der Waals surface area contributed by atoms with Gasteiger partial charge in [0.1, 0.15) is 17.0 Å². The molecule has 0 aliphatic carbocycles. The van der Waals surface area contributed by atoms with Gasteiger partial charge < -0.3 is 9.73 Å². The highest BCUT2D eigenvalue weighted by molar-refractivity contribution is 6.15. The van der Waals surface area contributed by atoms with Gasteiger partial charge in [-0.25, -0.2) is 0 Å². The topological polar surface area (TPSA) is 57.8 Å². The lowest BCUT2D eigenvalue weighted by atomic mass is 9.88. The van der Waals surface area contributed by atoms with Crippen molar-refractivity contribution in [2.45, 2.75) is 31.7 Å². The van der Waals surface area contributed by atoms with E-state index < -0.39 is 5.54 Å². The number of piperidine rings is 1. The summed E-state index contributed by atoms with van der Waals surface area (Å²) in [5.74, 6) is 1.00. The van der Waals surface area contributed by atoms with Gasteiger partial charge in [-0.2, -0.15) is 0 Å². The zero-order chi connectivity index (χ0) is 19.8. The zero-order valence-corrected chi connectivity index (χ0v) is 16.6. The molecular formula is C24H25N3O2. The SMILES string of the molecule is CCCN1C(=O)C2(CCNCC2)N=C1c1ccc(-c2ccc3occc3c2)cc1. The number of amides is 1. The number of aliphatic imine (C=N–C) groups is 1. The van der Waals surface area contributed by atoms with Gasteiger partial charge in [0.25, 0.3) is 5.91 Å². The summed E-state index contributed by atoms with van der Waals surface area (Å²) in [6.07, 6.45) is 4.18. The molecule has 1 N–H and O–H groups in total. The van der Waals surface area contributed by atoms with E-state index in [1.165, 1.54) is 0 Å². The monoisotopic (exact) mass is 387 g/mol. The fraction of sp³-hybridized carbons (Fsp3) is 0.333. The number of carbonyl (C=O) groups excluding carboxylic acids is 1. The zero-order valence-electron chi connectivity index (χ0n) is 16.6. The van der Waals surface area contributed by atoms with Gasteiger partial charge in [-0.1, -0.05) is 37.3 Å². The largest absolute Gasteiger partial charge is 0.464 e. The van der Waals surface area contributed by atoms with E-state index in [0.29, 0.717) is 6.54 Å². The molecule has 2 aliphatic heterocycles. The van der Waals surface area contributed by atoms with E-state index >= 15 is 0 Å². The standard InChI is InChI=1S/C24H25N3O2/c1-2-14-27-22(26-24(23(27)28)10-12-25-13-11-24)18-5-3-17(4-6-18)19-7-8-21-20(16-19)9-15-29-21/h3-9,15-16,25H,2,10-14H2,1H3. The maximum absolute atomic E-state index is 13.2. The van der Waals surface area contributed by atoms with Crippen molar-refractivity contribution >= 4 is 22.7 Å². The second kappa shape index (κ2) is 7.16. The molecule has 1 spiro atoms. The Morgan fingerprint density at radius 2 is 1.76 bits per heavy atom. The van der Waals surface area contributed by atoms with E-state index in [-0.39, 0.29) is 5.91 Å². The fourth-order valence-corrected chi connectivity index (χ4v) is 4.43. The van der Waals surface area contributed by atoms with Crippen molar-refractivity contribution < 1.29 is 9.21 Å². The number of furan rings is 1. The van der Waals surface area contributed by atoms with Crippen LogP contribution in [0, 0.1) is 0 Å². The van der Waals surface area contributed by atoms with Crippen LogP contribution in [-0.2, 0) is 4.79 Å². The van der Waals surface area contributed by atoms with Crippen LogP contribution in [0.5, 0.6) is 0 Å². The Kier molecular flexibility index (Phi) is 4.47. The van der Waals surface area contributed by atoms with Crippen molar-refractivity contribution in [3.8, 4) is 11.1 Å². The fourth-order valence-electron chi connectivity index (χ4n) is 4.43. The molecule has 5 nitrogen and oxygen atoms in total. The van der Waals surface area contributed by atoms with Crippen LogP contribution in [0.1, 0.15) is 31.7 Å². The summed E-state index contributed by atoms with van der Waals surface area (Å²) in [6.45, 7) is 4.51. The average molecular weight is 387 g/mol. The van der Waals surface area contributed by atoms with Crippen molar-refractivity contribution in [2.75, 3.05) is 19.6 Å². The molecule has 1 aromatic heterocycles. The second-order valence-corrected chi connectivity index (χ2v) is 7.92. The van der Waals surface area contributed by atoms with Crippen molar-refractivity contribution in [2.24, 2.45) is 4.99 Å². The summed E-state index contributed by atoms with van der Waals surface area (Å²) in [5.41, 5.74) is 3.62. The highest BCUT2D eigenvalue weighted by Gasteiger charge is 2.48. The minimum Gasteiger partial charge on any atom is -0.464 e. The number of nitrogens with zero attached hydrogens (tertiary/aromatic N) is 2. The molecule has 1 amide bonds. The molecule has 0 bridgehead atoms. The van der Waals surface area contributed by atoms with Gasteiger partial charge in [-0.3, -0.25) is 14.7 Å². The second-order valence-electron chi connectivity index (χ2n) is 7.92. The summed E-state index contributed by atoms with van der Waals surface area (Å²) in [4.78, 5) is 20.1. The Labute approximate surface area is 170 Å². The lowest BCUT2D eigenvalue weighted by molar-refractivity contribution is -0.132. The van der Waals surface area contributed by atoms with Gasteiger partial charge in [0.2, 0.25) is 0 Å². The van der Waals surface area contributed by atoms with Crippen LogP contribution in [0.25, 0.3) is 22.1 Å². The third kappa shape index (κ3) is 3.06. The van der Waals surface area contributed by atoms with Gasteiger partial charge in [0.05, 0.1) is 6.26 Å². The molecule has 5 heteroatoms. The molecule has 0 saturated carbocycles.